The minimum Gasteiger partial charge on any atom is -0.385 e. The van der Waals surface area contributed by atoms with Crippen molar-refractivity contribution in [3.63, 3.8) is 0 Å². The lowest BCUT2D eigenvalue weighted by Gasteiger charge is -2.24. The van der Waals surface area contributed by atoms with Crippen molar-refractivity contribution in [1.82, 2.24) is 15.1 Å². The Morgan fingerprint density at radius 2 is 1.96 bits per heavy atom. The van der Waals surface area contributed by atoms with E-state index in [9.17, 15) is 5.11 Å². The predicted molar refractivity (Wildman–Crippen MR) is 101 cm³/mol. The van der Waals surface area contributed by atoms with E-state index >= 15 is 0 Å². The summed E-state index contributed by atoms with van der Waals surface area (Å²) in [4.78, 5) is 8.72. The van der Waals surface area contributed by atoms with E-state index in [0.29, 0.717) is 30.5 Å². The highest BCUT2D eigenvalue weighted by Gasteiger charge is 2.22. The number of hydrogen-bond acceptors (Lipinski definition) is 6. The van der Waals surface area contributed by atoms with Gasteiger partial charge in [0.1, 0.15) is 5.82 Å². The van der Waals surface area contributed by atoms with Crippen molar-refractivity contribution in [3.8, 4) is 11.5 Å². The van der Waals surface area contributed by atoms with E-state index in [4.69, 9.17) is 4.52 Å². The zero-order chi connectivity index (χ0) is 18.6. The van der Waals surface area contributed by atoms with Crippen molar-refractivity contribution in [3.05, 3.63) is 60.0 Å². The van der Waals surface area contributed by atoms with Gasteiger partial charge in [-0.3, -0.25) is 0 Å². The van der Waals surface area contributed by atoms with E-state index in [1.54, 1.807) is 6.20 Å². The summed E-state index contributed by atoms with van der Waals surface area (Å²) in [6.45, 7) is 6.44. The number of nitrogens with zero attached hydrogens (tertiary/aromatic N) is 3. The molecule has 1 atom stereocenters. The molecule has 3 aromatic rings. The molecule has 0 spiro atoms. The normalized spacial score (nSPS) is 13.6. The summed E-state index contributed by atoms with van der Waals surface area (Å²) < 4.78 is 5.33. The summed E-state index contributed by atoms with van der Waals surface area (Å²) in [5, 5.41) is 17.9. The molecule has 0 radical (unpaired) electrons. The number of anilines is 1. The van der Waals surface area contributed by atoms with Crippen molar-refractivity contribution in [2.24, 2.45) is 0 Å². The zero-order valence-corrected chi connectivity index (χ0v) is 15.3. The lowest BCUT2D eigenvalue weighted by atomic mass is 9.93. The summed E-state index contributed by atoms with van der Waals surface area (Å²) in [6.07, 6.45) is 2.26. The largest absolute Gasteiger partial charge is 0.385 e. The fourth-order valence-electron chi connectivity index (χ4n) is 2.62. The van der Waals surface area contributed by atoms with Crippen LogP contribution in [0, 0.1) is 0 Å². The van der Waals surface area contributed by atoms with Gasteiger partial charge in [-0.15, -0.1) is 0 Å². The van der Waals surface area contributed by atoms with Crippen LogP contribution < -0.4 is 5.32 Å². The van der Waals surface area contributed by atoms with Crippen LogP contribution in [0.25, 0.3) is 11.5 Å². The first kappa shape index (κ1) is 18.1. The molecular formula is C20H24N4O2. The van der Waals surface area contributed by atoms with E-state index in [1.807, 2.05) is 63.2 Å². The molecule has 1 unspecified atom stereocenters. The molecule has 0 saturated carbocycles. The van der Waals surface area contributed by atoms with E-state index in [2.05, 4.69) is 20.4 Å². The Hall–Kier alpha value is -2.73. The summed E-state index contributed by atoms with van der Waals surface area (Å²) in [6, 6.07) is 13.4. The lowest BCUT2D eigenvalue weighted by Crippen LogP contribution is -2.24. The first-order chi connectivity index (χ1) is 12.5. The highest BCUT2D eigenvalue weighted by Crippen LogP contribution is 2.25. The number of pyridine rings is 1. The van der Waals surface area contributed by atoms with Gasteiger partial charge in [0.25, 0.3) is 5.89 Å². The molecule has 6 nitrogen and oxygen atoms in total. The van der Waals surface area contributed by atoms with Crippen LogP contribution in [0.5, 0.6) is 0 Å². The molecule has 6 heteroatoms. The summed E-state index contributed by atoms with van der Waals surface area (Å²) >= 11 is 0. The average molecular weight is 352 g/mol. The average Bonchev–Trinajstić information content (AvgIpc) is 3.13. The van der Waals surface area contributed by atoms with Crippen molar-refractivity contribution >= 4 is 5.82 Å². The van der Waals surface area contributed by atoms with E-state index in [1.165, 1.54) is 0 Å². The number of rotatable bonds is 7. The number of aliphatic hydroxyl groups is 1. The molecule has 0 bridgehead atoms. The van der Waals surface area contributed by atoms with Gasteiger partial charge in [-0.1, -0.05) is 49.3 Å². The Morgan fingerprint density at radius 3 is 2.65 bits per heavy atom. The fourth-order valence-corrected chi connectivity index (χ4v) is 2.62. The van der Waals surface area contributed by atoms with Crippen molar-refractivity contribution in [2.45, 2.75) is 38.7 Å². The molecule has 2 aromatic heterocycles. The number of aromatic nitrogens is 3. The van der Waals surface area contributed by atoms with Crippen LogP contribution in [0.4, 0.5) is 5.82 Å². The second kappa shape index (κ2) is 7.66. The van der Waals surface area contributed by atoms with Gasteiger partial charge in [0.15, 0.2) is 5.82 Å². The van der Waals surface area contributed by atoms with Gasteiger partial charge >= 0.3 is 0 Å². The number of nitrogens with one attached hydrogen (secondary N) is 1. The molecule has 26 heavy (non-hydrogen) atoms. The van der Waals surface area contributed by atoms with Gasteiger partial charge in [0.2, 0.25) is 0 Å². The number of hydrogen-bond donors (Lipinski definition) is 2. The van der Waals surface area contributed by atoms with Gasteiger partial charge in [-0.2, -0.15) is 4.98 Å². The highest BCUT2D eigenvalue weighted by molar-refractivity contribution is 5.57. The molecule has 136 valence electrons. The summed E-state index contributed by atoms with van der Waals surface area (Å²) in [7, 11) is 0. The molecule has 0 saturated heterocycles. The first-order valence-electron chi connectivity index (χ1n) is 8.77. The molecule has 0 amide bonds. The third kappa shape index (κ3) is 4.26. The van der Waals surface area contributed by atoms with Crippen LogP contribution in [0.3, 0.4) is 0 Å². The summed E-state index contributed by atoms with van der Waals surface area (Å²) in [5.41, 5.74) is 0.817. The van der Waals surface area contributed by atoms with E-state index < -0.39 is 5.60 Å². The number of benzene rings is 1. The molecule has 0 fully saturated rings. The SMILES string of the molecule is CC(C)c1noc(-c2ccnc(NCCC(C)(O)c3ccccc3)c2)n1. The Morgan fingerprint density at radius 1 is 1.19 bits per heavy atom. The third-order valence-electron chi connectivity index (χ3n) is 4.28. The van der Waals surface area contributed by atoms with Gasteiger partial charge in [0, 0.05) is 24.2 Å². The maximum absolute atomic E-state index is 10.7. The smallest absolute Gasteiger partial charge is 0.258 e. The van der Waals surface area contributed by atoms with Gasteiger partial charge in [0.05, 0.1) is 5.60 Å². The Kier molecular flexibility index (Phi) is 5.32. The van der Waals surface area contributed by atoms with E-state index in [0.717, 1.165) is 11.1 Å². The molecule has 0 aliphatic rings. The molecule has 2 heterocycles. The molecule has 1 aromatic carbocycles. The van der Waals surface area contributed by atoms with Crippen LogP contribution in [0.2, 0.25) is 0 Å². The highest BCUT2D eigenvalue weighted by atomic mass is 16.5. The van der Waals surface area contributed by atoms with Crippen LogP contribution >= 0.6 is 0 Å². The Labute approximate surface area is 153 Å². The summed E-state index contributed by atoms with van der Waals surface area (Å²) in [5.74, 6) is 2.09. The maximum Gasteiger partial charge on any atom is 0.258 e. The molecule has 2 N–H and O–H groups in total. The molecule has 3 rings (SSSR count). The first-order valence-corrected chi connectivity index (χ1v) is 8.77. The standard InChI is InChI=1S/C20H24N4O2/c1-14(2)18-23-19(26-24-18)15-9-11-21-17(13-15)22-12-10-20(3,25)16-7-5-4-6-8-16/h4-9,11,13-14,25H,10,12H2,1-3H3,(H,21,22). The van der Waals surface area contributed by atoms with Crippen LogP contribution in [0.1, 0.15) is 44.5 Å². The monoisotopic (exact) mass is 352 g/mol. The van der Waals surface area contributed by atoms with Crippen LogP contribution in [0.15, 0.2) is 53.2 Å². The van der Waals surface area contributed by atoms with E-state index in [-0.39, 0.29) is 5.92 Å². The topological polar surface area (TPSA) is 84.1 Å². The predicted octanol–water partition coefficient (Wildman–Crippen LogP) is 3.96. The second-order valence-corrected chi connectivity index (χ2v) is 6.86. The lowest BCUT2D eigenvalue weighted by molar-refractivity contribution is 0.0515. The van der Waals surface area contributed by atoms with Gasteiger partial charge < -0.3 is 14.9 Å². The van der Waals surface area contributed by atoms with Crippen molar-refractivity contribution < 1.29 is 9.63 Å². The Bertz CT molecular complexity index is 844. The van der Waals surface area contributed by atoms with Gasteiger partial charge in [-0.25, -0.2) is 4.98 Å². The van der Waals surface area contributed by atoms with Crippen LogP contribution in [-0.4, -0.2) is 26.8 Å². The van der Waals surface area contributed by atoms with Crippen molar-refractivity contribution in [1.29, 1.82) is 0 Å². The maximum atomic E-state index is 10.7. The minimum atomic E-state index is -0.898. The Balaban J connectivity index is 1.64. The third-order valence-corrected chi connectivity index (χ3v) is 4.28. The van der Waals surface area contributed by atoms with Crippen LogP contribution in [-0.2, 0) is 5.60 Å². The molecule has 0 aliphatic carbocycles. The zero-order valence-electron chi connectivity index (χ0n) is 15.3. The van der Waals surface area contributed by atoms with Crippen molar-refractivity contribution in [2.75, 3.05) is 11.9 Å². The molecular weight excluding hydrogens is 328 g/mol. The quantitative estimate of drug-likeness (QED) is 0.669. The molecule has 0 aliphatic heterocycles. The fraction of sp³-hybridized carbons (Fsp3) is 0.350. The van der Waals surface area contributed by atoms with Gasteiger partial charge in [-0.05, 0) is 31.0 Å². The second-order valence-electron chi connectivity index (χ2n) is 6.86. The minimum absolute atomic E-state index is 0.215.